The van der Waals surface area contributed by atoms with Gasteiger partial charge >= 0.3 is 6.18 Å². The van der Waals surface area contributed by atoms with Crippen molar-refractivity contribution in [1.29, 1.82) is 0 Å². The van der Waals surface area contributed by atoms with E-state index >= 15 is 0 Å². The van der Waals surface area contributed by atoms with E-state index in [0.717, 1.165) is 42.9 Å². The zero-order valence-corrected chi connectivity index (χ0v) is 17.1. The SMILES string of the molecule is NCCN1CCCC(CNc2cc(C(F)(F)F)cc3c2Cc2ccccc2S3)C1. The number of nitrogens with zero attached hydrogens (tertiary/aromatic N) is 1. The van der Waals surface area contributed by atoms with E-state index in [0.29, 0.717) is 36.0 Å². The molecule has 3 N–H and O–H groups in total. The minimum absolute atomic E-state index is 0.420. The number of nitrogens with two attached hydrogens (primary N) is 1. The van der Waals surface area contributed by atoms with Gasteiger partial charge in [-0.1, -0.05) is 30.0 Å². The first-order valence-electron chi connectivity index (χ1n) is 10.1. The van der Waals surface area contributed by atoms with Gasteiger partial charge in [0.25, 0.3) is 0 Å². The molecule has 2 aliphatic rings. The summed E-state index contributed by atoms with van der Waals surface area (Å²) in [4.78, 5) is 4.09. The molecule has 2 heterocycles. The van der Waals surface area contributed by atoms with Crippen LogP contribution in [0.1, 0.15) is 29.5 Å². The number of hydrogen-bond donors (Lipinski definition) is 2. The molecule has 4 rings (SSSR count). The molecule has 2 aromatic rings. The van der Waals surface area contributed by atoms with Crippen LogP contribution in [0.5, 0.6) is 0 Å². The Kier molecular flexibility index (Phi) is 6.08. The van der Waals surface area contributed by atoms with Gasteiger partial charge in [-0.05, 0) is 54.6 Å². The first-order chi connectivity index (χ1) is 13.9. The predicted octanol–water partition coefficient (Wildman–Crippen LogP) is 4.84. The van der Waals surface area contributed by atoms with Crippen molar-refractivity contribution < 1.29 is 13.2 Å². The quantitative estimate of drug-likeness (QED) is 0.618. The molecular weight excluding hydrogens is 395 g/mol. The van der Waals surface area contributed by atoms with Crippen LogP contribution < -0.4 is 11.1 Å². The third kappa shape index (κ3) is 4.73. The largest absolute Gasteiger partial charge is 0.416 e. The molecule has 1 atom stereocenters. The van der Waals surface area contributed by atoms with Gasteiger partial charge in [-0.25, -0.2) is 0 Å². The molecule has 0 bridgehead atoms. The molecule has 1 fully saturated rings. The van der Waals surface area contributed by atoms with Crippen LogP contribution in [0.15, 0.2) is 46.2 Å². The van der Waals surface area contributed by atoms with Crippen LogP contribution in [-0.2, 0) is 12.6 Å². The number of benzene rings is 2. The predicted molar refractivity (Wildman–Crippen MR) is 112 cm³/mol. The average molecular weight is 422 g/mol. The summed E-state index contributed by atoms with van der Waals surface area (Å²) in [5.74, 6) is 0.420. The first kappa shape index (κ1) is 20.6. The number of anilines is 1. The summed E-state index contributed by atoms with van der Waals surface area (Å²) in [6, 6.07) is 10.5. The molecule has 1 saturated heterocycles. The third-order valence-corrected chi connectivity index (χ3v) is 6.93. The maximum Gasteiger partial charge on any atom is 0.416 e. The highest BCUT2D eigenvalue weighted by Gasteiger charge is 2.33. The summed E-state index contributed by atoms with van der Waals surface area (Å²) in [5.41, 5.74) is 7.85. The molecule has 0 saturated carbocycles. The Balaban J connectivity index is 1.57. The highest BCUT2D eigenvalue weighted by molar-refractivity contribution is 7.99. The van der Waals surface area contributed by atoms with E-state index in [2.05, 4.69) is 16.3 Å². The fourth-order valence-corrected chi connectivity index (χ4v) is 5.40. The van der Waals surface area contributed by atoms with Crippen molar-refractivity contribution in [2.75, 3.05) is 38.0 Å². The second-order valence-corrected chi connectivity index (χ2v) is 8.95. The molecule has 0 spiro atoms. The summed E-state index contributed by atoms with van der Waals surface area (Å²) >= 11 is 1.43. The van der Waals surface area contributed by atoms with Crippen LogP contribution in [0.3, 0.4) is 0 Å². The van der Waals surface area contributed by atoms with E-state index in [1.165, 1.54) is 29.5 Å². The topological polar surface area (TPSA) is 41.3 Å². The van der Waals surface area contributed by atoms with Gasteiger partial charge in [0, 0.05) is 48.1 Å². The Bertz CT molecular complexity index is 867. The van der Waals surface area contributed by atoms with E-state index in [-0.39, 0.29) is 0 Å². The molecule has 7 heteroatoms. The monoisotopic (exact) mass is 421 g/mol. The highest BCUT2D eigenvalue weighted by atomic mass is 32.2. The minimum atomic E-state index is -4.36. The zero-order chi connectivity index (χ0) is 20.4. The lowest BCUT2D eigenvalue weighted by Gasteiger charge is -2.33. The molecule has 2 aliphatic heterocycles. The minimum Gasteiger partial charge on any atom is -0.384 e. The number of likely N-dealkylation sites (tertiary alicyclic amines) is 1. The molecule has 3 nitrogen and oxygen atoms in total. The number of halogens is 3. The molecule has 0 aromatic heterocycles. The second kappa shape index (κ2) is 8.58. The Morgan fingerprint density at radius 1 is 1.17 bits per heavy atom. The van der Waals surface area contributed by atoms with Crippen LogP contribution in [0, 0.1) is 5.92 Å². The Labute approximate surface area is 173 Å². The summed E-state index contributed by atoms with van der Waals surface area (Å²) in [6.45, 7) is 4.20. The lowest BCUT2D eigenvalue weighted by Crippen LogP contribution is -2.40. The molecular formula is C22H26F3N3S. The standard InChI is InChI=1S/C22H26F3N3S/c23-22(24,25)17-11-19(27-13-15-4-3-8-28(14-15)9-7-26)18-10-16-5-1-2-6-20(16)29-21(18)12-17/h1-2,5-6,11-12,15,27H,3-4,7-10,13-14,26H2. The summed E-state index contributed by atoms with van der Waals surface area (Å²) in [6.07, 6.45) is -1.50. The maximum atomic E-state index is 13.5. The van der Waals surface area contributed by atoms with Crippen molar-refractivity contribution in [3.05, 3.63) is 53.1 Å². The van der Waals surface area contributed by atoms with Gasteiger partial charge in [0.2, 0.25) is 0 Å². The van der Waals surface area contributed by atoms with E-state index < -0.39 is 11.7 Å². The van der Waals surface area contributed by atoms with Gasteiger partial charge in [0.05, 0.1) is 5.56 Å². The Morgan fingerprint density at radius 3 is 2.79 bits per heavy atom. The van der Waals surface area contributed by atoms with Gasteiger partial charge in [0.1, 0.15) is 0 Å². The average Bonchev–Trinajstić information content (AvgIpc) is 2.70. The van der Waals surface area contributed by atoms with Crippen molar-refractivity contribution in [2.45, 2.75) is 35.2 Å². The fourth-order valence-electron chi connectivity index (χ4n) is 4.26. The molecule has 2 aromatic carbocycles. The first-order valence-corrected chi connectivity index (χ1v) is 10.9. The van der Waals surface area contributed by atoms with Crippen molar-refractivity contribution >= 4 is 17.4 Å². The van der Waals surface area contributed by atoms with Crippen LogP contribution in [0.2, 0.25) is 0 Å². The number of fused-ring (bicyclic) bond motifs is 2. The molecule has 0 amide bonds. The van der Waals surface area contributed by atoms with Gasteiger partial charge in [-0.3, -0.25) is 0 Å². The molecule has 1 unspecified atom stereocenters. The molecule has 0 radical (unpaired) electrons. The number of alkyl halides is 3. The van der Waals surface area contributed by atoms with Crippen LogP contribution in [-0.4, -0.2) is 37.6 Å². The van der Waals surface area contributed by atoms with Gasteiger partial charge < -0.3 is 16.0 Å². The summed E-state index contributed by atoms with van der Waals surface area (Å²) in [5, 5.41) is 3.38. The van der Waals surface area contributed by atoms with E-state index in [4.69, 9.17) is 5.73 Å². The zero-order valence-electron chi connectivity index (χ0n) is 16.3. The highest BCUT2D eigenvalue weighted by Crippen LogP contribution is 2.45. The third-order valence-electron chi connectivity index (χ3n) is 5.73. The van der Waals surface area contributed by atoms with E-state index in [1.807, 2.05) is 18.2 Å². The van der Waals surface area contributed by atoms with Crippen molar-refractivity contribution in [3.63, 3.8) is 0 Å². The maximum absolute atomic E-state index is 13.5. The van der Waals surface area contributed by atoms with Gasteiger partial charge in [0.15, 0.2) is 0 Å². The normalized spacial score (nSPS) is 19.5. The van der Waals surface area contributed by atoms with Crippen molar-refractivity contribution in [2.24, 2.45) is 11.7 Å². The van der Waals surface area contributed by atoms with Gasteiger partial charge in [-0.15, -0.1) is 0 Å². The fraction of sp³-hybridized carbons (Fsp3) is 0.455. The molecule has 29 heavy (non-hydrogen) atoms. The number of nitrogens with one attached hydrogen (secondary N) is 1. The van der Waals surface area contributed by atoms with Crippen LogP contribution in [0.25, 0.3) is 0 Å². The number of piperidine rings is 1. The van der Waals surface area contributed by atoms with Crippen molar-refractivity contribution in [3.8, 4) is 0 Å². The van der Waals surface area contributed by atoms with Gasteiger partial charge in [-0.2, -0.15) is 13.2 Å². The summed E-state index contributed by atoms with van der Waals surface area (Å²) < 4.78 is 40.5. The lowest BCUT2D eigenvalue weighted by atomic mass is 9.96. The van der Waals surface area contributed by atoms with Crippen molar-refractivity contribution in [1.82, 2.24) is 4.90 Å². The van der Waals surface area contributed by atoms with E-state index in [1.54, 1.807) is 0 Å². The molecule has 0 aliphatic carbocycles. The summed E-state index contributed by atoms with van der Waals surface area (Å²) in [7, 11) is 0. The number of rotatable bonds is 5. The van der Waals surface area contributed by atoms with Crippen LogP contribution in [0.4, 0.5) is 18.9 Å². The van der Waals surface area contributed by atoms with Crippen LogP contribution >= 0.6 is 11.8 Å². The number of hydrogen-bond acceptors (Lipinski definition) is 4. The smallest absolute Gasteiger partial charge is 0.384 e. The Hall–Kier alpha value is -1.70. The lowest BCUT2D eigenvalue weighted by molar-refractivity contribution is -0.137. The Morgan fingerprint density at radius 2 is 2.00 bits per heavy atom. The molecule has 156 valence electrons. The second-order valence-electron chi connectivity index (χ2n) is 7.86. The van der Waals surface area contributed by atoms with E-state index in [9.17, 15) is 13.2 Å².